The Labute approximate surface area is 214 Å². The minimum Gasteiger partial charge on any atom is -0.497 e. The molecule has 0 bridgehead atoms. The zero-order chi connectivity index (χ0) is 26.3. The fourth-order valence-corrected chi connectivity index (χ4v) is 4.74. The van der Waals surface area contributed by atoms with Gasteiger partial charge in [0.25, 0.3) is 17.2 Å². The number of pyridine rings is 1. The molecule has 4 aromatic rings. The Morgan fingerprint density at radius 1 is 0.865 bits per heavy atom. The predicted octanol–water partition coefficient (Wildman–Crippen LogP) is 3.58. The molecule has 0 fully saturated rings. The van der Waals surface area contributed by atoms with E-state index < -0.39 is 17.4 Å². The van der Waals surface area contributed by atoms with Crippen LogP contribution in [0.4, 0.5) is 5.69 Å². The summed E-state index contributed by atoms with van der Waals surface area (Å²) in [6.45, 7) is 5.74. The van der Waals surface area contributed by atoms with E-state index in [9.17, 15) is 14.4 Å². The van der Waals surface area contributed by atoms with Gasteiger partial charge in [-0.25, -0.2) is 9.58 Å². The van der Waals surface area contributed by atoms with Crippen LogP contribution in [0.3, 0.4) is 0 Å². The number of aromatic amines is 1. The first-order valence-corrected chi connectivity index (χ1v) is 12.0. The molecular weight excluding hydrogens is 468 g/mol. The fourth-order valence-electron chi connectivity index (χ4n) is 4.74. The number of amides is 2. The molecule has 2 aromatic carbocycles. The molecule has 0 saturated carbocycles. The average molecular weight is 496 g/mol. The zero-order valence-corrected chi connectivity index (χ0v) is 21.1. The zero-order valence-electron chi connectivity index (χ0n) is 21.1. The van der Waals surface area contributed by atoms with E-state index in [1.165, 1.54) is 4.68 Å². The number of nitrogens with one attached hydrogen (secondary N) is 1. The summed E-state index contributed by atoms with van der Waals surface area (Å²) >= 11 is 0. The summed E-state index contributed by atoms with van der Waals surface area (Å²) in [7, 11) is 1.55. The number of carbonyl (C=O) groups excluding carboxylic acids is 2. The summed E-state index contributed by atoms with van der Waals surface area (Å²) in [6.07, 6.45) is 4.04. The number of para-hydroxylation sites is 1. The summed E-state index contributed by atoms with van der Waals surface area (Å²) in [6, 6.07) is 17.8. The summed E-state index contributed by atoms with van der Waals surface area (Å²) in [5.41, 5.74) is 3.46. The first-order chi connectivity index (χ1) is 17.8. The maximum Gasteiger partial charge on any atom is 0.331 e. The third-order valence-electron chi connectivity index (χ3n) is 6.37. The number of aromatic nitrogens is 3. The Morgan fingerprint density at radius 2 is 1.51 bits per heavy atom. The van der Waals surface area contributed by atoms with Crippen molar-refractivity contribution >= 4 is 28.8 Å². The summed E-state index contributed by atoms with van der Waals surface area (Å²) < 4.78 is 8.30. The van der Waals surface area contributed by atoms with Crippen molar-refractivity contribution < 1.29 is 18.9 Å². The van der Waals surface area contributed by atoms with Gasteiger partial charge in [-0.15, -0.1) is 0 Å². The number of H-pyrrole nitrogens is 1. The van der Waals surface area contributed by atoms with E-state index in [4.69, 9.17) is 4.74 Å². The highest BCUT2D eigenvalue weighted by atomic mass is 16.5. The van der Waals surface area contributed by atoms with Crippen molar-refractivity contribution in [2.24, 2.45) is 0 Å². The summed E-state index contributed by atoms with van der Waals surface area (Å²) in [5.74, 6) is -0.457. The number of imide groups is 1. The van der Waals surface area contributed by atoms with Crippen molar-refractivity contribution in [3.05, 3.63) is 106 Å². The molecule has 3 heterocycles. The number of carbonyl (C=O) groups is 2. The van der Waals surface area contributed by atoms with E-state index in [0.29, 0.717) is 29.2 Å². The van der Waals surface area contributed by atoms with Gasteiger partial charge in [0.2, 0.25) is 0 Å². The molecular formula is C29H27N4O4+. The van der Waals surface area contributed by atoms with E-state index in [1.807, 2.05) is 45.0 Å². The molecule has 37 heavy (non-hydrogen) atoms. The number of hydrogen-bond donors (Lipinski definition) is 1. The van der Waals surface area contributed by atoms with Gasteiger partial charge in [0.15, 0.2) is 12.4 Å². The van der Waals surface area contributed by atoms with Gasteiger partial charge < -0.3 is 4.74 Å². The third-order valence-corrected chi connectivity index (χ3v) is 6.37. The van der Waals surface area contributed by atoms with Crippen molar-refractivity contribution in [2.75, 3.05) is 12.0 Å². The van der Waals surface area contributed by atoms with E-state index in [1.54, 1.807) is 60.5 Å². The molecule has 0 atom stereocenters. The van der Waals surface area contributed by atoms with Gasteiger partial charge >= 0.3 is 5.91 Å². The monoisotopic (exact) mass is 495 g/mol. The van der Waals surface area contributed by atoms with Crippen molar-refractivity contribution in [1.82, 2.24) is 9.78 Å². The molecule has 1 N–H and O–H groups in total. The average Bonchev–Trinajstić information content (AvgIpc) is 3.35. The van der Waals surface area contributed by atoms with Crippen molar-refractivity contribution in [3.63, 3.8) is 0 Å². The van der Waals surface area contributed by atoms with Gasteiger partial charge in [0, 0.05) is 16.8 Å². The number of nitrogens with zero attached hydrogens (tertiary/aromatic N) is 3. The van der Waals surface area contributed by atoms with Crippen LogP contribution in [0.1, 0.15) is 29.3 Å². The van der Waals surface area contributed by atoms with Crippen LogP contribution in [0.15, 0.2) is 77.9 Å². The van der Waals surface area contributed by atoms with E-state index in [2.05, 4.69) is 5.10 Å². The molecule has 1 aliphatic heterocycles. The molecule has 0 radical (unpaired) electrons. The Kier molecular flexibility index (Phi) is 6.09. The lowest BCUT2D eigenvalue weighted by Crippen LogP contribution is -2.40. The first kappa shape index (κ1) is 24.0. The van der Waals surface area contributed by atoms with Gasteiger partial charge in [0.05, 0.1) is 24.0 Å². The Hall–Kier alpha value is -4.72. The highest BCUT2D eigenvalue weighted by Gasteiger charge is 2.48. The molecule has 0 unspecified atom stereocenters. The van der Waals surface area contributed by atoms with Crippen LogP contribution in [-0.4, -0.2) is 28.7 Å². The first-order valence-electron chi connectivity index (χ1n) is 12.0. The van der Waals surface area contributed by atoms with E-state index in [-0.39, 0.29) is 16.8 Å². The summed E-state index contributed by atoms with van der Waals surface area (Å²) in [4.78, 5) is 42.9. The number of rotatable bonds is 6. The van der Waals surface area contributed by atoms with Crippen LogP contribution in [-0.2, 0) is 16.0 Å². The molecule has 186 valence electrons. The van der Waals surface area contributed by atoms with Crippen LogP contribution < -0.4 is 19.8 Å². The highest BCUT2D eigenvalue weighted by Crippen LogP contribution is 2.34. The van der Waals surface area contributed by atoms with E-state index in [0.717, 1.165) is 16.0 Å². The second-order valence-corrected chi connectivity index (χ2v) is 8.96. The van der Waals surface area contributed by atoms with Gasteiger partial charge in [-0.05, 0) is 62.7 Å². The van der Waals surface area contributed by atoms with E-state index >= 15 is 0 Å². The normalized spacial score (nSPS) is 13.6. The van der Waals surface area contributed by atoms with Crippen LogP contribution >= 0.6 is 0 Å². The maximum absolute atomic E-state index is 14.0. The Bertz CT molecular complexity index is 1590. The molecule has 8 nitrogen and oxygen atoms in total. The third kappa shape index (κ3) is 4.06. The van der Waals surface area contributed by atoms with Crippen LogP contribution in [0.25, 0.3) is 17.0 Å². The second kappa shape index (κ2) is 9.39. The Morgan fingerprint density at radius 3 is 2.11 bits per heavy atom. The molecule has 2 aromatic heterocycles. The largest absolute Gasteiger partial charge is 0.497 e. The second-order valence-electron chi connectivity index (χ2n) is 8.96. The quantitative estimate of drug-likeness (QED) is 0.327. The topological polar surface area (TPSA) is 88.3 Å². The standard InChI is InChI=1S/C29H26N4O4/c1-5-23-24(28(35)33(30-23)21-9-7-6-8-10-21)25-26(31-16-18(2)15-19(3)17-31)29(36)32(27(25)34)20-11-13-22(37-4)14-12-20/h6-17H,5H2,1-4H3/p+1. The number of ether oxygens (including phenoxy) is 1. The Balaban J connectivity index is 1.78. The predicted molar refractivity (Wildman–Crippen MR) is 140 cm³/mol. The molecule has 0 spiro atoms. The molecule has 1 aliphatic rings. The highest BCUT2D eigenvalue weighted by molar-refractivity contribution is 6.53. The number of benzene rings is 2. The maximum atomic E-state index is 14.0. The number of methoxy groups -OCH3 is 1. The lowest BCUT2D eigenvalue weighted by Gasteiger charge is -2.14. The molecule has 0 aliphatic carbocycles. The van der Waals surface area contributed by atoms with Gasteiger partial charge in [0.1, 0.15) is 11.3 Å². The molecule has 2 amide bonds. The van der Waals surface area contributed by atoms with Crippen molar-refractivity contribution in [3.8, 4) is 11.4 Å². The number of anilines is 1. The lowest BCUT2D eigenvalue weighted by molar-refractivity contribution is -0.577. The fraction of sp³-hybridized carbons (Fsp3) is 0.172. The lowest BCUT2D eigenvalue weighted by atomic mass is 10.0. The van der Waals surface area contributed by atoms with Crippen LogP contribution in [0, 0.1) is 13.8 Å². The van der Waals surface area contributed by atoms with Crippen LogP contribution in [0.2, 0.25) is 0 Å². The molecule has 8 heteroatoms. The van der Waals surface area contributed by atoms with Gasteiger partial charge in [-0.2, -0.15) is 4.57 Å². The number of aryl methyl sites for hydroxylation is 3. The molecule has 0 saturated heterocycles. The van der Waals surface area contributed by atoms with Gasteiger partial charge in [-0.3, -0.25) is 19.5 Å². The molecule has 5 rings (SSSR count). The minimum absolute atomic E-state index is 0.0728. The summed E-state index contributed by atoms with van der Waals surface area (Å²) in [5, 5.41) is 3.15. The smallest absolute Gasteiger partial charge is 0.331 e. The van der Waals surface area contributed by atoms with Crippen LogP contribution in [0.5, 0.6) is 5.75 Å². The van der Waals surface area contributed by atoms with Gasteiger partial charge in [-0.1, -0.05) is 25.1 Å². The van der Waals surface area contributed by atoms with Crippen molar-refractivity contribution in [1.29, 1.82) is 0 Å². The van der Waals surface area contributed by atoms with Crippen molar-refractivity contribution in [2.45, 2.75) is 27.2 Å². The number of hydrogen-bond acceptors (Lipinski definition) is 4. The minimum atomic E-state index is -0.553. The SMILES string of the molecule is CCc1[nH]n(-c2ccccc2)c(=O)c1C1=C([n+]2cc(C)cc(C)c2)C(=O)N(c2ccc(OC)cc2)C1=O.